The Bertz CT molecular complexity index is 305. The van der Waals surface area contributed by atoms with Crippen molar-refractivity contribution >= 4 is 5.71 Å². The van der Waals surface area contributed by atoms with Gasteiger partial charge in [0.15, 0.2) is 0 Å². The van der Waals surface area contributed by atoms with E-state index < -0.39 is 0 Å². The van der Waals surface area contributed by atoms with Gasteiger partial charge in [-0.25, -0.2) is 0 Å². The fourth-order valence-corrected chi connectivity index (χ4v) is 1.56. The topological polar surface area (TPSA) is 12.4 Å². The molecule has 1 nitrogen and oxygen atoms in total. The van der Waals surface area contributed by atoms with E-state index in [0.29, 0.717) is 5.92 Å². The highest BCUT2D eigenvalue weighted by atomic mass is 14.8. The van der Waals surface area contributed by atoms with Crippen molar-refractivity contribution in [2.75, 3.05) is 0 Å². The van der Waals surface area contributed by atoms with Crippen LogP contribution in [0.1, 0.15) is 39.5 Å². The van der Waals surface area contributed by atoms with E-state index in [9.17, 15) is 0 Å². The summed E-state index contributed by atoms with van der Waals surface area (Å²) in [6.45, 7) is 12.3. The van der Waals surface area contributed by atoms with Crippen LogP contribution in [0.25, 0.3) is 0 Å². The molecule has 0 bridgehead atoms. The Morgan fingerprint density at radius 2 is 1.80 bits per heavy atom. The first-order chi connectivity index (χ1) is 7.09. The lowest BCUT2D eigenvalue weighted by Gasteiger charge is -2.10. The minimum Gasteiger partial charge on any atom is -0.258 e. The summed E-state index contributed by atoms with van der Waals surface area (Å²) < 4.78 is 0. The Hall–Kier alpha value is -1.11. The number of hydrogen-bond donors (Lipinski definition) is 0. The second-order valence-electron chi connectivity index (χ2n) is 4.46. The molecule has 0 unspecified atom stereocenters. The van der Waals surface area contributed by atoms with Gasteiger partial charge in [0.25, 0.3) is 0 Å². The van der Waals surface area contributed by atoms with Crippen LogP contribution in [-0.2, 0) is 0 Å². The Morgan fingerprint density at radius 3 is 2.47 bits per heavy atom. The lowest BCUT2D eigenvalue weighted by atomic mass is 10.0. The van der Waals surface area contributed by atoms with Crippen LogP contribution in [0.4, 0.5) is 0 Å². The molecular formula is C14H21N. The molecular weight excluding hydrogens is 182 g/mol. The molecule has 1 heterocycles. The van der Waals surface area contributed by atoms with Gasteiger partial charge in [-0.2, -0.15) is 0 Å². The maximum absolute atomic E-state index is 4.57. The Kier molecular flexibility index (Phi) is 4.54. The second-order valence-corrected chi connectivity index (χ2v) is 4.46. The van der Waals surface area contributed by atoms with Gasteiger partial charge in [0, 0.05) is 11.4 Å². The first-order valence-electron chi connectivity index (χ1n) is 5.72. The summed E-state index contributed by atoms with van der Waals surface area (Å²) in [4.78, 5) is 4.57. The molecule has 0 N–H and O–H groups in total. The normalized spacial score (nSPS) is 21.4. The van der Waals surface area contributed by atoms with Gasteiger partial charge in [0.2, 0.25) is 0 Å². The van der Waals surface area contributed by atoms with Gasteiger partial charge < -0.3 is 0 Å². The van der Waals surface area contributed by atoms with Crippen molar-refractivity contribution in [1.82, 2.24) is 0 Å². The van der Waals surface area contributed by atoms with E-state index in [1.807, 2.05) is 0 Å². The Balaban J connectivity index is 2.87. The predicted octanol–water partition coefficient (Wildman–Crippen LogP) is 4.28. The standard InChI is InChI=1S/C14H21N/c1-11(2)14-10-9-12(3)7-5-6-8-13(4)15-14/h9-11H,3-8H2,1-2H3/b10-9-,15-14?. The van der Waals surface area contributed by atoms with Crippen LogP contribution in [0.3, 0.4) is 0 Å². The van der Waals surface area contributed by atoms with Crippen molar-refractivity contribution in [2.45, 2.75) is 39.5 Å². The maximum atomic E-state index is 4.57. The van der Waals surface area contributed by atoms with Gasteiger partial charge in [-0.05, 0) is 37.7 Å². The summed E-state index contributed by atoms with van der Waals surface area (Å²) in [5.74, 6) is 0.449. The number of allylic oxidation sites excluding steroid dienone is 4. The van der Waals surface area contributed by atoms with Crippen LogP contribution in [0.15, 0.2) is 41.6 Å². The maximum Gasteiger partial charge on any atom is 0.0432 e. The summed E-state index contributed by atoms with van der Waals surface area (Å²) in [6, 6.07) is 0. The third-order valence-electron chi connectivity index (χ3n) is 2.58. The quantitative estimate of drug-likeness (QED) is 0.603. The summed E-state index contributed by atoms with van der Waals surface area (Å²) in [5.41, 5.74) is 3.33. The highest BCUT2D eigenvalue weighted by Gasteiger charge is 2.04. The predicted molar refractivity (Wildman–Crippen MR) is 68.2 cm³/mol. The van der Waals surface area contributed by atoms with E-state index in [-0.39, 0.29) is 0 Å². The molecule has 1 rings (SSSR count). The van der Waals surface area contributed by atoms with Crippen molar-refractivity contribution in [3.63, 3.8) is 0 Å². The molecule has 15 heavy (non-hydrogen) atoms. The molecule has 1 aliphatic rings. The molecule has 0 saturated carbocycles. The molecule has 0 saturated heterocycles. The average molecular weight is 203 g/mol. The smallest absolute Gasteiger partial charge is 0.0432 e. The van der Waals surface area contributed by atoms with Crippen LogP contribution in [0.2, 0.25) is 0 Å². The van der Waals surface area contributed by atoms with Crippen molar-refractivity contribution in [1.29, 1.82) is 0 Å². The number of nitrogens with zero attached hydrogens (tertiary/aromatic N) is 1. The van der Waals surface area contributed by atoms with Gasteiger partial charge in [0.05, 0.1) is 0 Å². The van der Waals surface area contributed by atoms with Gasteiger partial charge in [-0.15, -0.1) is 0 Å². The summed E-state index contributed by atoms with van der Waals surface area (Å²) in [5, 5.41) is 0. The highest BCUT2D eigenvalue weighted by molar-refractivity contribution is 5.97. The van der Waals surface area contributed by atoms with E-state index in [2.05, 4.69) is 44.1 Å². The highest BCUT2D eigenvalue weighted by Crippen LogP contribution is 2.16. The molecule has 1 aliphatic heterocycles. The molecule has 1 heteroatoms. The van der Waals surface area contributed by atoms with Gasteiger partial charge >= 0.3 is 0 Å². The number of aliphatic imine (C=N–C) groups is 1. The molecule has 0 aliphatic carbocycles. The van der Waals surface area contributed by atoms with E-state index in [4.69, 9.17) is 0 Å². The third-order valence-corrected chi connectivity index (χ3v) is 2.58. The Morgan fingerprint density at radius 1 is 1.13 bits per heavy atom. The van der Waals surface area contributed by atoms with E-state index in [1.165, 1.54) is 18.4 Å². The van der Waals surface area contributed by atoms with E-state index in [0.717, 1.165) is 24.3 Å². The van der Waals surface area contributed by atoms with Crippen LogP contribution in [-0.4, -0.2) is 5.71 Å². The number of hydrogen-bond acceptors (Lipinski definition) is 1. The van der Waals surface area contributed by atoms with Gasteiger partial charge in [-0.1, -0.05) is 38.7 Å². The largest absolute Gasteiger partial charge is 0.258 e. The van der Waals surface area contributed by atoms with Crippen LogP contribution in [0, 0.1) is 5.92 Å². The molecule has 0 atom stereocenters. The molecule has 0 radical (unpaired) electrons. The lowest BCUT2D eigenvalue weighted by Crippen LogP contribution is -2.05. The summed E-state index contributed by atoms with van der Waals surface area (Å²) in [6.07, 6.45) is 8.64. The fraction of sp³-hybridized carbons (Fsp3) is 0.500. The van der Waals surface area contributed by atoms with Crippen molar-refractivity contribution in [2.24, 2.45) is 10.9 Å². The van der Waals surface area contributed by atoms with E-state index >= 15 is 0 Å². The zero-order valence-electron chi connectivity index (χ0n) is 9.92. The van der Waals surface area contributed by atoms with Crippen molar-refractivity contribution < 1.29 is 0 Å². The SMILES string of the molecule is C=C1/C=C\C(C(C)C)=NC(=C)CCCC1. The molecule has 0 spiro atoms. The fourth-order valence-electron chi connectivity index (χ4n) is 1.56. The average Bonchev–Trinajstić information content (AvgIpc) is 2.18. The molecule has 82 valence electrons. The Labute approximate surface area is 93.3 Å². The summed E-state index contributed by atoms with van der Waals surface area (Å²) >= 11 is 0. The van der Waals surface area contributed by atoms with Gasteiger partial charge in [0.1, 0.15) is 0 Å². The molecule has 0 aromatic rings. The van der Waals surface area contributed by atoms with Crippen molar-refractivity contribution in [3.8, 4) is 0 Å². The third kappa shape index (κ3) is 4.28. The minimum atomic E-state index is 0.449. The minimum absolute atomic E-state index is 0.449. The van der Waals surface area contributed by atoms with Gasteiger partial charge in [-0.3, -0.25) is 4.99 Å². The molecule has 0 amide bonds. The van der Waals surface area contributed by atoms with Crippen LogP contribution < -0.4 is 0 Å². The van der Waals surface area contributed by atoms with Crippen LogP contribution >= 0.6 is 0 Å². The molecule has 0 aromatic carbocycles. The number of rotatable bonds is 1. The first-order valence-corrected chi connectivity index (χ1v) is 5.72. The van der Waals surface area contributed by atoms with E-state index in [1.54, 1.807) is 0 Å². The molecule has 0 fully saturated rings. The van der Waals surface area contributed by atoms with Crippen LogP contribution in [0.5, 0.6) is 0 Å². The molecule has 0 aromatic heterocycles. The zero-order chi connectivity index (χ0) is 11.3. The zero-order valence-corrected chi connectivity index (χ0v) is 9.92. The summed E-state index contributed by atoms with van der Waals surface area (Å²) in [7, 11) is 0. The van der Waals surface area contributed by atoms with Crippen molar-refractivity contribution in [3.05, 3.63) is 36.6 Å². The monoisotopic (exact) mass is 203 g/mol. The second kappa shape index (κ2) is 5.69. The lowest BCUT2D eigenvalue weighted by molar-refractivity contribution is 0.727. The first kappa shape index (κ1) is 12.0.